The lowest BCUT2D eigenvalue weighted by molar-refractivity contribution is -0.116. The molecular formula is C19H22N2O2. The summed E-state index contributed by atoms with van der Waals surface area (Å²) >= 11 is 0. The van der Waals surface area contributed by atoms with E-state index in [1.807, 2.05) is 39.0 Å². The average Bonchev–Trinajstić information content (AvgIpc) is 2.46. The third-order valence-electron chi connectivity index (χ3n) is 3.28. The number of carbonyl (C=O) groups excluding carboxylic acids is 2. The summed E-state index contributed by atoms with van der Waals surface area (Å²) < 4.78 is 0. The van der Waals surface area contributed by atoms with Gasteiger partial charge in [0, 0.05) is 23.4 Å². The number of aryl methyl sites for hydroxylation is 1. The summed E-state index contributed by atoms with van der Waals surface area (Å²) in [4.78, 5) is 24.1. The first kappa shape index (κ1) is 16.7. The van der Waals surface area contributed by atoms with Crippen molar-refractivity contribution in [3.63, 3.8) is 0 Å². The average molecular weight is 310 g/mol. The van der Waals surface area contributed by atoms with Crippen molar-refractivity contribution < 1.29 is 9.59 Å². The van der Waals surface area contributed by atoms with E-state index < -0.39 is 0 Å². The Labute approximate surface area is 136 Å². The van der Waals surface area contributed by atoms with Crippen LogP contribution in [0.15, 0.2) is 48.5 Å². The molecule has 0 radical (unpaired) electrons. The maximum atomic E-state index is 12.2. The Bertz CT molecular complexity index is 708. The van der Waals surface area contributed by atoms with Gasteiger partial charge in [-0.2, -0.15) is 0 Å². The molecule has 0 aromatic heterocycles. The predicted molar refractivity (Wildman–Crippen MR) is 93.7 cm³/mol. The molecule has 0 aliphatic heterocycles. The number of nitrogens with one attached hydrogen (secondary N) is 2. The van der Waals surface area contributed by atoms with E-state index in [4.69, 9.17) is 0 Å². The highest BCUT2D eigenvalue weighted by Crippen LogP contribution is 2.17. The second-order valence-electron chi connectivity index (χ2n) is 6.05. The minimum absolute atomic E-state index is 0.0258. The van der Waals surface area contributed by atoms with Crippen LogP contribution in [0.4, 0.5) is 11.4 Å². The largest absolute Gasteiger partial charge is 0.326 e. The van der Waals surface area contributed by atoms with Gasteiger partial charge in [0.1, 0.15) is 0 Å². The third kappa shape index (κ3) is 5.25. The molecular weight excluding hydrogens is 288 g/mol. The van der Waals surface area contributed by atoms with Gasteiger partial charge in [0.2, 0.25) is 5.91 Å². The van der Waals surface area contributed by atoms with E-state index in [9.17, 15) is 9.59 Å². The quantitative estimate of drug-likeness (QED) is 0.868. The molecule has 2 rings (SSSR count). The van der Waals surface area contributed by atoms with Gasteiger partial charge in [0.15, 0.2) is 0 Å². The van der Waals surface area contributed by atoms with Crippen LogP contribution in [0.25, 0.3) is 0 Å². The molecule has 0 unspecified atom stereocenters. The number of rotatable bonds is 5. The molecule has 2 aromatic rings. The summed E-state index contributed by atoms with van der Waals surface area (Å²) in [6.07, 6.45) is 0.472. The monoisotopic (exact) mass is 310 g/mol. The van der Waals surface area contributed by atoms with Crippen LogP contribution in [-0.4, -0.2) is 11.8 Å². The number of hydrogen-bond acceptors (Lipinski definition) is 2. The van der Waals surface area contributed by atoms with Crippen molar-refractivity contribution in [1.82, 2.24) is 0 Å². The molecule has 0 fully saturated rings. The normalized spacial score (nSPS) is 10.4. The Morgan fingerprint density at radius 1 is 0.957 bits per heavy atom. The van der Waals surface area contributed by atoms with Gasteiger partial charge in [0.25, 0.3) is 5.91 Å². The van der Waals surface area contributed by atoms with Crippen LogP contribution >= 0.6 is 0 Å². The summed E-state index contributed by atoms with van der Waals surface area (Å²) in [6, 6.07) is 14.6. The lowest BCUT2D eigenvalue weighted by atomic mass is 10.1. The first-order valence-corrected chi connectivity index (χ1v) is 7.72. The highest BCUT2D eigenvalue weighted by molar-refractivity contribution is 6.04. The zero-order valence-electron chi connectivity index (χ0n) is 13.7. The second kappa shape index (κ2) is 7.58. The number of benzene rings is 2. The van der Waals surface area contributed by atoms with Crippen LogP contribution in [0.2, 0.25) is 0 Å². The van der Waals surface area contributed by atoms with E-state index in [-0.39, 0.29) is 11.8 Å². The van der Waals surface area contributed by atoms with E-state index in [2.05, 4.69) is 10.6 Å². The Balaban J connectivity index is 2.05. The molecule has 0 saturated heterocycles. The predicted octanol–water partition coefficient (Wildman–Crippen LogP) is 4.23. The van der Waals surface area contributed by atoms with Crippen LogP contribution in [0.5, 0.6) is 0 Å². The molecule has 4 nitrogen and oxygen atoms in total. The molecule has 2 N–H and O–H groups in total. The van der Waals surface area contributed by atoms with Crippen molar-refractivity contribution in [1.29, 1.82) is 0 Å². The lowest BCUT2D eigenvalue weighted by Crippen LogP contribution is -2.15. The fourth-order valence-corrected chi connectivity index (χ4v) is 2.25. The summed E-state index contributed by atoms with van der Waals surface area (Å²) in [5.74, 6) is 0.112. The summed E-state index contributed by atoms with van der Waals surface area (Å²) in [5, 5.41) is 5.70. The Kier molecular flexibility index (Phi) is 5.52. The standard InChI is InChI=1S/C19H22N2O2/c1-13(2)10-18(22)20-16-8-5-9-17(12-16)21-19(23)15-7-4-6-14(3)11-15/h4-9,11-13H,10H2,1-3H3,(H,20,22)(H,21,23). The van der Waals surface area contributed by atoms with Crippen LogP contribution < -0.4 is 10.6 Å². The van der Waals surface area contributed by atoms with Crippen LogP contribution in [0.3, 0.4) is 0 Å². The minimum atomic E-state index is -0.167. The Morgan fingerprint density at radius 3 is 2.26 bits per heavy atom. The van der Waals surface area contributed by atoms with E-state index in [0.29, 0.717) is 29.3 Å². The second-order valence-corrected chi connectivity index (χ2v) is 6.05. The zero-order valence-corrected chi connectivity index (χ0v) is 13.7. The third-order valence-corrected chi connectivity index (χ3v) is 3.28. The van der Waals surface area contributed by atoms with Gasteiger partial charge in [-0.3, -0.25) is 9.59 Å². The first-order valence-electron chi connectivity index (χ1n) is 7.72. The van der Waals surface area contributed by atoms with Crippen LogP contribution in [-0.2, 0) is 4.79 Å². The van der Waals surface area contributed by atoms with Crippen molar-refractivity contribution in [3.8, 4) is 0 Å². The van der Waals surface area contributed by atoms with E-state index in [1.165, 1.54) is 0 Å². The van der Waals surface area contributed by atoms with Crippen molar-refractivity contribution in [2.75, 3.05) is 10.6 Å². The maximum Gasteiger partial charge on any atom is 0.255 e. The molecule has 4 heteroatoms. The molecule has 23 heavy (non-hydrogen) atoms. The van der Waals surface area contributed by atoms with Gasteiger partial charge in [-0.25, -0.2) is 0 Å². The van der Waals surface area contributed by atoms with Gasteiger partial charge in [-0.15, -0.1) is 0 Å². The Morgan fingerprint density at radius 2 is 1.61 bits per heavy atom. The maximum absolute atomic E-state index is 12.2. The molecule has 0 saturated carbocycles. The number of anilines is 2. The van der Waals surface area contributed by atoms with Gasteiger partial charge < -0.3 is 10.6 Å². The van der Waals surface area contributed by atoms with E-state index in [1.54, 1.807) is 30.3 Å². The number of amides is 2. The highest BCUT2D eigenvalue weighted by Gasteiger charge is 2.08. The van der Waals surface area contributed by atoms with E-state index in [0.717, 1.165) is 5.56 Å². The van der Waals surface area contributed by atoms with Gasteiger partial charge >= 0.3 is 0 Å². The topological polar surface area (TPSA) is 58.2 Å². The smallest absolute Gasteiger partial charge is 0.255 e. The van der Waals surface area contributed by atoms with Crippen LogP contribution in [0, 0.1) is 12.8 Å². The summed E-state index contributed by atoms with van der Waals surface area (Å²) in [7, 11) is 0. The molecule has 0 aliphatic carbocycles. The van der Waals surface area contributed by atoms with Crippen LogP contribution in [0.1, 0.15) is 36.2 Å². The van der Waals surface area contributed by atoms with Gasteiger partial charge in [-0.1, -0.05) is 37.6 Å². The van der Waals surface area contributed by atoms with Gasteiger partial charge in [0.05, 0.1) is 0 Å². The van der Waals surface area contributed by atoms with Gasteiger partial charge in [-0.05, 0) is 43.2 Å². The molecule has 0 aliphatic rings. The van der Waals surface area contributed by atoms with Crippen molar-refractivity contribution >= 4 is 23.2 Å². The van der Waals surface area contributed by atoms with E-state index >= 15 is 0 Å². The van der Waals surface area contributed by atoms with Crippen molar-refractivity contribution in [3.05, 3.63) is 59.7 Å². The molecule has 0 heterocycles. The zero-order chi connectivity index (χ0) is 16.8. The molecule has 0 bridgehead atoms. The lowest BCUT2D eigenvalue weighted by Gasteiger charge is -2.10. The summed E-state index contributed by atoms with van der Waals surface area (Å²) in [6.45, 7) is 5.94. The molecule has 2 amide bonds. The highest BCUT2D eigenvalue weighted by atomic mass is 16.2. The molecule has 2 aromatic carbocycles. The SMILES string of the molecule is Cc1cccc(C(=O)Nc2cccc(NC(=O)CC(C)C)c2)c1. The summed E-state index contributed by atoms with van der Waals surface area (Å²) in [5.41, 5.74) is 2.98. The van der Waals surface area contributed by atoms with Crippen molar-refractivity contribution in [2.24, 2.45) is 5.92 Å². The molecule has 120 valence electrons. The van der Waals surface area contributed by atoms with Crippen molar-refractivity contribution in [2.45, 2.75) is 27.2 Å². The Hall–Kier alpha value is -2.62. The minimum Gasteiger partial charge on any atom is -0.326 e. The fraction of sp³-hybridized carbons (Fsp3) is 0.263. The number of carbonyl (C=O) groups is 2. The molecule has 0 atom stereocenters. The molecule has 0 spiro atoms. The first-order chi connectivity index (χ1) is 10.9. The fourth-order valence-electron chi connectivity index (χ4n) is 2.25. The number of hydrogen-bond donors (Lipinski definition) is 2.